The number of aromatic nitrogens is 2. The van der Waals surface area contributed by atoms with Gasteiger partial charge in [0.2, 0.25) is 0 Å². The predicted octanol–water partition coefficient (Wildman–Crippen LogP) is 3.12. The van der Waals surface area contributed by atoms with Gasteiger partial charge >= 0.3 is 12.1 Å². The SMILES string of the molecule is COC(=O)c1nc([C@@H](CC(C)C)NC(=O)OC(C)(C)C)[nH]c1C. The zero-order valence-electron chi connectivity index (χ0n) is 14.9. The normalized spacial score (nSPS) is 12.9. The summed E-state index contributed by atoms with van der Waals surface area (Å²) in [6.07, 6.45) is 0.143. The molecule has 1 aromatic heterocycles. The van der Waals surface area contributed by atoms with Crippen molar-refractivity contribution in [1.82, 2.24) is 15.3 Å². The van der Waals surface area contributed by atoms with Gasteiger partial charge in [0.15, 0.2) is 5.69 Å². The van der Waals surface area contributed by atoms with Gasteiger partial charge in [-0.25, -0.2) is 14.6 Å². The number of hydrogen-bond donors (Lipinski definition) is 2. The van der Waals surface area contributed by atoms with Crippen molar-refractivity contribution in [3.63, 3.8) is 0 Å². The molecule has 0 saturated carbocycles. The lowest BCUT2D eigenvalue weighted by molar-refractivity contribution is 0.0495. The Hall–Kier alpha value is -2.05. The molecular weight excluding hydrogens is 298 g/mol. The average Bonchev–Trinajstić information content (AvgIpc) is 2.76. The van der Waals surface area contributed by atoms with Gasteiger partial charge in [0.05, 0.1) is 13.2 Å². The van der Waals surface area contributed by atoms with Crippen LogP contribution in [0.3, 0.4) is 0 Å². The van der Waals surface area contributed by atoms with Crippen LogP contribution in [-0.2, 0) is 9.47 Å². The van der Waals surface area contributed by atoms with E-state index < -0.39 is 17.7 Å². The zero-order chi connectivity index (χ0) is 17.8. The molecule has 2 N–H and O–H groups in total. The lowest BCUT2D eigenvalue weighted by atomic mass is 10.0. The fraction of sp³-hybridized carbons (Fsp3) is 0.688. The zero-order valence-corrected chi connectivity index (χ0v) is 14.9. The number of carbonyl (C=O) groups is 2. The van der Waals surface area contributed by atoms with Gasteiger partial charge in [-0.3, -0.25) is 0 Å². The maximum absolute atomic E-state index is 12.0. The van der Waals surface area contributed by atoms with Crippen molar-refractivity contribution >= 4 is 12.1 Å². The molecule has 0 bridgehead atoms. The smallest absolute Gasteiger partial charge is 0.408 e. The first kappa shape index (κ1) is 19.0. The van der Waals surface area contributed by atoms with E-state index in [0.717, 1.165) is 0 Å². The van der Waals surface area contributed by atoms with E-state index in [0.29, 0.717) is 23.9 Å². The minimum atomic E-state index is -0.581. The van der Waals surface area contributed by atoms with Crippen molar-refractivity contribution in [2.75, 3.05) is 7.11 Å². The molecule has 130 valence electrons. The monoisotopic (exact) mass is 325 g/mol. The third-order valence-corrected chi connectivity index (χ3v) is 3.01. The van der Waals surface area contributed by atoms with Crippen LogP contribution in [0.25, 0.3) is 0 Å². The van der Waals surface area contributed by atoms with Gasteiger partial charge in [-0.05, 0) is 40.0 Å². The molecule has 7 nitrogen and oxygen atoms in total. The second kappa shape index (κ2) is 7.48. The first-order chi connectivity index (χ1) is 10.5. The molecule has 0 aliphatic carbocycles. The van der Waals surface area contributed by atoms with Crippen molar-refractivity contribution in [3.8, 4) is 0 Å². The van der Waals surface area contributed by atoms with E-state index in [9.17, 15) is 9.59 Å². The Morgan fingerprint density at radius 3 is 2.39 bits per heavy atom. The highest BCUT2D eigenvalue weighted by Gasteiger charge is 2.25. The molecule has 1 rings (SSSR count). The Labute approximate surface area is 137 Å². The highest BCUT2D eigenvalue weighted by atomic mass is 16.6. The van der Waals surface area contributed by atoms with Crippen LogP contribution in [0.4, 0.5) is 4.79 Å². The quantitative estimate of drug-likeness (QED) is 0.811. The van der Waals surface area contributed by atoms with Gasteiger partial charge in [0, 0.05) is 5.69 Å². The lowest BCUT2D eigenvalue weighted by Crippen LogP contribution is -2.36. The van der Waals surface area contributed by atoms with Crippen molar-refractivity contribution in [2.45, 2.75) is 59.6 Å². The number of ether oxygens (including phenoxy) is 2. The number of imidazole rings is 1. The summed E-state index contributed by atoms with van der Waals surface area (Å²) < 4.78 is 10.00. The van der Waals surface area contributed by atoms with Crippen LogP contribution in [-0.4, -0.2) is 34.7 Å². The van der Waals surface area contributed by atoms with E-state index in [1.165, 1.54) is 7.11 Å². The highest BCUT2D eigenvalue weighted by molar-refractivity contribution is 5.88. The number of amides is 1. The summed E-state index contributed by atoms with van der Waals surface area (Å²) >= 11 is 0. The molecule has 0 aliphatic heterocycles. The van der Waals surface area contributed by atoms with Crippen LogP contribution in [0.15, 0.2) is 0 Å². The lowest BCUT2D eigenvalue weighted by Gasteiger charge is -2.23. The molecule has 0 spiro atoms. The number of esters is 1. The first-order valence-electron chi connectivity index (χ1n) is 7.67. The third-order valence-electron chi connectivity index (χ3n) is 3.01. The molecule has 1 heterocycles. The number of rotatable bonds is 5. The maximum atomic E-state index is 12.0. The minimum Gasteiger partial charge on any atom is -0.464 e. The number of carbonyl (C=O) groups excluding carboxylic acids is 2. The van der Waals surface area contributed by atoms with Crippen molar-refractivity contribution < 1.29 is 19.1 Å². The van der Waals surface area contributed by atoms with E-state index in [1.807, 2.05) is 13.8 Å². The number of nitrogens with zero attached hydrogens (tertiary/aromatic N) is 1. The maximum Gasteiger partial charge on any atom is 0.408 e. The summed E-state index contributed by atoms with van der Waals surface area (Å²) in [7, 11) is 1.31. The molecule has 1 amide bonds. The van der Waals surface area contributed by atoms with Gasteiger partial charge in [0.1, 0.15) is 11.4 Å². The van der Waals surface area contributed by atoms with Crippen molar-refractivity contribution in [3.05, 3.63) is 17.2 Å². The second-order valence-corrected chi connectivity index (χ2v) is 6.92. The number of H-pyrrole nitrogens is 1. The average molecular weight is 325 g/mol. The second-order valence-electron chi connectivity index (χ2n) is 6.92. The summed E-state index contributed by atoms with van der Waals surface area (Å²) in [4.78, 5) is 31.1. The Morgan fingerprint density at radius 1 is 1.30 bits per heavy atom. The molecule has 0 saturated heterocycles. The molecule has 0 aromatic carbocycles. The van der Waals surface area contributed by atoms with Gasteiger partial charge in [0.25, 0.3) is 0 Å². The molecule has 0 aliphatic rings. The molecule has 7 heteroatoms. The van der Waals surface area contributed by atoms with E-state index >= 15 is 0 Å². The number of aromatic amines is 1. The van der Waals surface area contributed by atoms with Crippen LogP contribution < -0.4 is 5.32 Å². The Kier molecular flexibility index (Phi) is 6.18. The van der Waals surface area contributed by atoms with E-state index in [-0.39, 0.29) is 11.7 Å². The fourth-order valence-electron chi connectivity index (χ4n) is 2.10. The Morgan fingerprint density at radius 2 is 1.91 bits per heavy atom. The molecule has 23 heavy (non-hydrogen) atoms. The van der Waals surface area contributed by atoms with E-state index in [1.54, 1.807) is 27.7 Å². The van der Waals surface area contributed by atoms with E-state index in [4.69, 9.17) is 9.47 Å². The molecule has 0 radical (unpaired) electrons. The predicted molar refractivity (Wildman–Crippen MR) is 86.2 cm³/mol. The van der Waals surface area contributed by atoms with Crippen molar-refractivity contribution in [2.24, 2.45) is 5.92 Å². The van der Waals surface area contributed by atoms with Crippen LogP contribution >= 0.6 is 0 Å². The summed E-state index contributed by atoms with van der Waals surface area (Å²) in [5.41, 5.74) is 0.247. The van der Waals surface area contributed by atoms with Crippen molar-refractivity contribution in [1.29, 1.82) is 0 Å². The largest absolute Gasteiger partial charge is 0.464 e. The molecule has 0 unspecified atom stereocenters. The highest BCUT2D eigenvalue weighted by Crippen LogP contribution is 2.21. The fourth-order valence-corrected chi connectivity index (χ4v) is 2.10. The molecule has 1 aromatic rings. The van der Waals surface area contributed by atoms with Gasteiger partial charge in [-0.1, -0.05) is 13.8 Å². The molecule has 0 fully saturated rings. The van der Waals surface area contributed by atoms with E-state index in [2.05, 4.69) is 15.3 Å². The molecular formula is C16H27N3O4. The molecule has 1 atom stereocenters. The third kappa shape index (κ3) is 5.92. The Balaban J connectivity index is 2.98. The number of hydrogen-bond acceptors (Lipinski definition) is 5. The number of alkyl carbamates (subject to hydrolysis) is 1. The minimum absolute atomic E-state index is 0.224. The van der Waals surface area contributed by atoms with Crippen LogP contribution in [0, 0.1) is 12.8 Å². The van der Waals surface area contributed by atoms with Crippen LogP contribution in [0.5, 0.6) is 0 Å². The van der Waals surface area contributed by atoms with Crippen LogP contribution in [0.2, 0.25) is 0 Å². The standard InChI is InChI=1S/C16H27N3O4/c1-9(2)8-11(18-15(21)23-16(4,5)6)13-17-10(3)12(19-13)14(20)22-7/h9,11H,8H2,1-7H3,(H,17,19)(H,18,21)/t11-/m1/s1. The summed E-state index contributed by atoms with van der Waals surface area (Å²) in [6.45, 7) is 11.2. The van der Waals surface area contributed by atoms with Gasteiger partial charge < -0.3 is 19.8 Å². The summed E-state index contributed by atoms with van der Waals surface area (Å²) in [5.74, 6) is 0.329. The number of methoxy groups -OCH3 is 1. The number of aryl methyl sites for hydroxylation is 1. The van der Waals surface area contributed by atoms with Crippen LogP contribution in [0.1, 0.15) is 69.1 Å². The number of nitrogens with one attached hydrogen (secondary N) is 2. The van der Waals surface area contributed by atoms with Gasteiger partial charge in [-0.2, -0.15) is 0 Å². The first-order valence-corrected chi connectivity index (χ1v) is 7.67. The Bertz CT molecular complexity index is 558. The summed E-state index contributed by atoms with van der Waals surface area (Å²) in [5, 5.41) is 2.81. The topological polar surface area (TPSA) is 93.3 Å². The summed E-state index contributed by atoms with van der Waals surface area (Å²) in [6, 6.07) is -0.373. The van der Waals surface area contributed by atoms with Gasteiger partial charge in [-0.15, -0.1) is 0 Å².